The first kappa shape index (κ1) is 23.1. The predicted octanol–water partition coefficient (Wildman–Crippen LogP) is 1.82. The van der Waals surface area contributed by atoms with Crippen LogP contribution in [0.15, 0.2) is 48.5 Å². The molecule has 0 fully saturated rings. The van der Waals surface area contributed by atoms with Crippen molar-refractivity contribution in [2.24, 2.45) is 0 Å². The largest absolute Gasteiger partial charge is 0.432 e. The van der Waals surface area contributed by atoms with E-state index in [0.717, 1.165) is 18.9 Å². The Morgan fingerprint density at radius 3 is 2.07 bits per heavy atom. The van der Waals surface area contributed by atoms with E-state index in [2.05, 4.69) is 62.5 Å². The summed E-state index contributed by atoms with van der Waals surface area (Å²) < 4.78 is 2.70. The monoisotopic (exact) mass is 510 g/mol. The highest BCUT2D eigenvalue weighted by molar-refractivity contribution is 6.69. The minimum absolute atomic E-state index is 0.0340. The van der Waals surface area contributed by atoms with E-state index >= 15 is 0 Å². The third kappa shape index (κ3) is 7.33. The van der Waals surface area contributed by atoms with Gasteiger partial charge in [0.2, 0.25) is 0 Å². The van der Waals surface area contributed by atoms with Gasteiger partial charge in [0.05, 0.1) is 0 Å². The van der Waals surface area contributed by atoms with Gasteiger partial charge >= 0.3 is 21.2 Å². The fourth-order valence-electron chi connectivity index (χ4n) is 2.78. The Morgan fingerprint density at radius 1 is 1.04 bits per heavy atom. The molecule has 2 N–H and O–H groups in total. The molecular weight excluding hydrogens is 477 g/mol. The van der Waals surface area contributed by atoms with Gasteiger partial charge in [-0.1, -0.05) is 32.9 Å². The summed E-state index contributed by atoms with van der Waals surface area (Å²) in [5, 5.41) is 2.95. The second kappa shape index (κ2) is 10.0. The molecule has 3 nitrogen and oxygen atoms in total. The molecule has 0 spiro atoms. The van der Waals surface area contributed by atoms with Crippen LogP contribution in [0.25, 0.3) is 0 Å². The van der Waals surface area contributed by atoms with E-state index in [9.17, 15) is 9.59 Å². The van der Waals surface area contributed by atoms with Crippen molar-refractivity contribution in [3.63, 3.8) is 0 Å². The fraction of sp³-hybridized carbons (Fsp3) is 0.435. The molecule has 2 aromatic rings. The van der Waals surface area contributed by atoms with E-state index in [1.54, 1.807) is 0 Å². The highest BCUT2D eigenvalue weighted by atomic mass is 127. The summed E-state index contributed by atoms with van der Waals surface area (Å²) in [5.74, 6) is -0.0340. The summed E-state index contributed by atoms with van der Waals surface area (Å²) in [4.78, 5) is 22.1. The molecule has 0 aliphatic carbocycles. The molecule has 0 bridgehead atoms. The third-order valence-electron chi connectivity index (χ3n) is 5.09. The minimum atomic E-state index is -2.02. The van der Waals surface area contributed by atoms with Crippen LogP contribution in [0, 0.1) is 7.14 Å². The SMILES string of the molecule is CCC(C)(C)c1ccc([I+]c2ccc(C(=O)NCCC[Si](C)(C)O)cc2)cc1. The first-order chi connectivity index (χ1) is 13.1. The number of hydrogen-bond acceptors (Lipinski definition) is 2. The first-order valence-corrected chi connectivity index (χ1v) is 15.3. The lowest BCUT2D eigenvalue weighted by Crippen LogP contribution is -3.61. The summed E-state index contributed by atoms with van der Waals surface area (Å²) >= 11 is -0.240. The lowest BCUT2D eigenvalue weighted by atomic mass is 9.82. The maximum atomic E-state index is 12.2. The number of benzene rings is 2. The Morgan fingerprint density at radius 2 is 1.57 bits per heavy atom. The number of hydrogen-bond donors (Lipinski definition) is 2. The molecule has 2 rings (SSSR count). The van der Waals surface area contributed by atoms with E-state index in [-0.39, 0.29) is 32.5 Å². The molecule has 0 radical (unpaired) electrons. The van der Waals surface area contributed by atoms with Crippen LogP contribution in [-0.4, -0.2) is 25.6 Å². The van der Waals surface area contributed by atoms with Crippen LogP contribution in [0.5, 0.6) is 0 Å². The molecule has 0 unspecified atom stereocenters. The van der Waals surface area contributed by atoms with Crippen molar-refractivity contribution in [3.05, 3.63) is 66.8 Å². The second-order valence-corrected chi connectivity index (χ2v) is 15.7. The van der Waals surface area contributed by atoms with E-state index in [1.807, 2.05) is 25.2 Å². The van der Waals surface area contributed by atoms with Gasteiger partial charge in [-0.2, -0.15) is 0 Å². The van der Waals surface area contributed by atoms with Crippen molar-refractivity contribution in [1.82, 2.24) is 5.32 Å². The van der Waals surface area contributed by atoms with Gasteiger partial charge in [0.15, 0.2) is 15.5 Å². The van der Waals surface area contributed by atoms with Gasteiger partial charge in [-0.3, -0.25) is 4.79 Å². The Kier molecular flexibility index (Phi) is 8.27. The number of amides is 1. The van der Waals surface area contributed by atoms with Gasteiger partial charge in [0.1, 0.15) is 0 Å². The van der Waals surface area contributed by atoms with Crippen molar-refractivity contribution in [1.29, 1.82) is 0 Å². The highest BCUT2D eigenvalue weighted by Crippen LogP contribution is 2.25. The van der Waals surface area contributed by atoms with Crippen molar-refractivity contribution < 1.29 is 30.8 Å². The van der Waals surface area contributed by atoms with E-state index in [1.165, 1.54) is 12.7 Å². The quantitative estimate of drug-likeness (QED) is 0.307. The molecule has 0 aromatic heterocycles. The van der Waals surface area contributed by atoms with E-state index in [4.69, 9.17) is 0 Å². The molecule has 0 heterocycles. The highest BCUT2D eigenvalue weighted by Gasteiger charge is 2.21. The van der Waals surface area contributed by atoms with Crippen molar-refractivity contribution in [2.45, 2.75) is 58.2 Å². The molecular formula is C23H33INO2Si+. The van der Waals surface area contributed by atoms with Gasteiger partial charge < -0.3 is 10.1 Å². The Hall–Kier alpha value is -1.18. The molecule has 2 aromatic carbocycles. The van der Waals surface area contributed by atoms with E-state index in [0.29, 0.717) is 12.1 Å². The van der Waals surface area contributed by atoms with Gasteiger partial charge in [0.25, 0.3) is 5.91 Å². The summed E-state index contributed by atoms with van der Waals surface area (Å²) in [6.45, 7) is 11.3. The number of carbonyl (C=O) groups is 1. The topological polar surface area (TPSA) is 49.3 Å². The first-order valence-electron chi connectivity index (χ1n) is 9.97. The predicted molar refractivity (Wildman–Crippen MR) is 115 cm³/mol. The molecule has 1 amide bonds. The van der Waals surface area contributed by atoms with Gasteiger partial charge in [-0.25, -0.2) is 0 Å². The van der Waals surface area contributed by atoms with Gasteiger partial charge in [0, 0.05) is 12.1 Å². The van der Waals surface area contributed by atoms with Crippen molar-refractivity contribution in [2.75, 3.05) is 6.54 Å². The summed E-state index contributed by atoms with van der Waals surface area (Å²) in [6, 6.07) is 17.8. The number of nitrogens with one attached hydrogen (secondary N) is 1. The molecule has 0 atom stereocenters. The van der Waals surface area contributed by atoms with Gasteiger partial charge in [-0.15, -0.1) is 0 Å². The maximum Gasteiger partial charge on any atom is 0.357 e. The number of halogens is 1. The molecule has 152 valence electrons. The average Bonchev–Trinajstić information content (AvgIpc) is 2.65. The van der Waals surface area contributed by atoms with Crippen LogP contribution in [0.1, 0.15) is 49.5 Å². The van der Waals surface area contributed by atoms with Crippen molar-refractivity contribution in [3.8, 4) is 0 Å². The summed E-state index contributed by atoms with van der Waals surface area (Å²) in [6.07, 6.45) is 1.96. The van der Waals surface area contributed by atoms with Crippen LogP contribution in [-0.2, 0) is 5.41 Å². The molecule has 28 heavy (non-hydrogen) atoms. The molecule has 0 aliphatic heterocycles. The van der Waals surface area contributed by atoms with Gasteiger partial charge in [-0.05, 0) is 79.4 Å². The van der Waals surface area contributed by atoms with Crippen LogP contribution in [0.2, 0.25) is 19.1 Å². The Bertz CT molecular complexity index is 765. The maximum absolute atomic E-state index is 12.2. The number of carbonyl (C=O) groups excluding carboxylic acids is 1. The molecule has 0 saturated carbocycles. The lowest BCUT2D eigenvalue weighted by Gasteiger charge is -2.22. The average molecular weight is 511 g/mol. The second-order valence-electron chi connectivity index (χ2n) is 8.52. The zero-order valence-corrected chi connectivity index (χ0v) is 20.8. The van der Waals surface area contributed by atoms with Crippen LogP contribution in [0.4, 0.5) is 0 Å². The standard InChI is InChI=1S/C23H32INO2Si/c1-6-23(2,3)19-10-14-21(15-11-19)24-20-12-8-18(9-13-20)22(26)25-16-7-17-28(4,5)27/h8-15,27H,6-7,16-17H2,1-5H3/p+1. The summed E-state index contributed by atoms with van der Waals surface area (Å²) in [7, 11) is -2.02. The molecule has 0 aliphatic rings. The Balaban J connectivity index is 1.89. The Labute approximate surface area is 181 Å². The van der Waals surface area contributed by atoms with Crippen LogP contribution < -0.4 is 26.5 Å². The third-order valence-corrected chi connectivity index (χ3v) is 9.35. The van der Waals surface area contributed by atoms with Crippen molar-refractivity contribution >= 4 is 14.2 Å². The van der Waals surface area contributed by atoms with Crippen LogP contribution in [0.3, 0.4) is 0 Å². The smallest absolute Gasteiger partial charge is 0.357 e. The zero-order chi connectivity index (χ0) is 20.8. The number of rotatable bonds is 9. The zero-order valence-electron chi connectivity index (χ0n) is 17.7. The van der Waals surface area contributed by atoms with E-state index < -0.39 is 8.32 Å². The summed E-state index contributed by atoms with van der Waals surface area (Å²) in [5.41, 5.74) is 2.32. The minimum Gasteiger partial charge on any atom is -0.432 e. The molecule has 0 saturated heterocycles. The van der Waals surface area contributed by atoms with Crippen LogP contribution >= 0.6 is 0 Å². The fourth-order valence-corrected chi connectivity index (χ4v) is 5.98. The molecule has 5 heteroatoms. The normalized spacial score (nSPS) is 12.1. The lowest BCUT2D eigenvalue weighted by molar-refractivity contribution is -0.597.